The predicted molar refractivity (Wildman–Crippen MR) is 118 cm³/mol. The van der Waals surface area contributed by atoms with Gasteiger partial charge in [0.15, 0.2) is 5.96 Å². The summed E-state index contributed by atoms with van der Waals surface area (Å²) in [5, 5.41) is 10.5. The lowest BCUT2D eigenvalue weighted by Gasteiger charge is -2.33. The zero-order chi connectivity index (χ0) is 19.2. The molecule has 0 radical (unpaired) electrons. The lowest BCUT2D eigenvalue weighted by Crippen LogP contribution is -2.48. The van der Waals surface area contributed by atoms with Gasteiger partial charge in [0.05, 0.1) is 10.7 Å². The van der Waals surface area contributed by atoms with Crippen LogP contribution in [0.5, 0.6) is 0 Å². The summed E-state index contributed by atoms with van der Waals surface area (Å²) in [5.74, 6) is 0.917. The van der Waals surface area contributed by atoms with Crippen molar-refractivity contribution in [1.82, 2.24) is 20.0 Å². The minimum atomic E-state index is 0.476. The smallest absolute Gasteiger partial charge is 0.191 e. The first-order chi connectivity index (χ1) is 13.8. The number of nitrogens with zero attached hydrogens (tertiary/aromatic N) is 4. The van der Waals surface area contributed by atoms with Gasteiger partial charge in [-0.3, -0.25) is 4.99 Å². The number of aromatic nitrogens is 2. The summed E-state index contributed by atoms with van der Waals surface area (Å²) < 4.78 is 2.06. The lowest BCUT2D eigenvalue weighted by atomic mass is 10.1. The number of hydrogen-bond donors (Lipinski definition) is 2. The van der Waals surface area contributed by atoms with Crippen molar-refractivity contribution in [1.29, 1.82) is 0 Å². The van der Waals surface area contributed by atoms with E-state index in [1.807, 2.05) is 35.7 Å². The average Bonchev–Trinajstić information content (AvgIpc) is 3.38. The minimum Gasteiger partial charge on any atom is -0.363 e. The molecule has 1 fully saturated rings. The van der Waals surface area contributed by atoms with Gasteiger partial charge < -0.3 is 19.9 Å². The molecule has 0 saturated carbocycles. The Morgan fingerprint density at radius 2 is 2.14 bits per heavy atom. The van der Waals surface area contributed by atoms with Crippen molar-refractivity contribution in [2.24, 2.45) is 4.99 Å². The molecule has 3 aromatic heterocycles. The van der Waals surface area contributed by atoms with Gasteiger partial charge >= 0.3 is 0 Å². The number of anilines is 1. The van der Waals surface area contributed by atoms with Crippen LogP contribution in [0.25, 0.3) is 5.65 Å². The number of piperidine rings is 1. The Morgan fingerprint density at radius 3 is 2.89 bits per heavy atom. The first kappa shape index (κ1) is 18.8. The summed E-state index contributed by atoms with van der Waals surface area (Å²) in [6, 6.07) is 10.9. The van der Waals surface area contributed by atoms with Crippen LogP contribution < -0.4 is 15.5 Å². The Bertz CT molecular complexity index is 860. The van der Waals surface area contributed by atoms with E-state index in [2.05, 4.69) is 55.6 Å². The van der Waals surface area contributed by atoms with Crippen LogP contribution in [0.4, 0.5) is 5.00 Å². The number of pyridine rings is 1. The largest absolute Gasteiger partial charge is 0.363 e. The van der Waals surface area contributed by atoms with E-state index < -0.39 is 0 Å². The number of rotatable bonds is 6. The molecular formula is C21H28N6S. The number of thiophene rings is 1. The third-order valence-electron chi connectivity index (χ3n) is 5.05. The summed E-state index contributed by atoms with van der Waals surface area (Å²) in [6.07, 6.45) is 7.23. The third kappa shape index (κ3) is 4.65. The molecule has 0 amide bonds. The lowest BCUT2D eigenvalue weighted by molar-refractivity contribution is 0.463. The van der Waals surface area contributed by atoms with E-state index in [1.54, 1.807) is 0 Å². The monoisotopic (exact) mass is 396 g/mol. The molecule has 1 aliphatic heterocycles. The number of nitrogens with one attached hydrogen (secondary N) is 2. The molecule has 148 valence electrons. The van der Waals surface area contributed by atoms with E-state index in [0.717, 1.165) is 62.7 Å². The van der Waals surface area contributed by atoms with E-state index in [9.17, 15) is 0 Å². The Hall–Kier alpha value is -2.54. The van der Waals surface area contributed by atoms with Crippen LogP contribution in [0.3, 0.4) is 0 Å². The van der Waals surface area contributed by atoms with Gasteiger partial charge in [0.1, 0.15) is 5.65 Å². The highest BCUT2D eigenvalue weighted by Gasteiger charge is 2.20. The van der Waals surface area contributed by atoms with Gasteiger partial charge in [0, 0.05) is 51.0 Å². The van der Waals surface area contributed by atoms with Gasteiger partial charge in [-0.25, -0.2) is 4.98 Å². The van der Waals surface area contributed by atoms with E-state index in [1.165, 1.54) is 5.00 Å². The van der Waals surface area contributed by atoms with Crippen molar-refractivity contribution < 1.29 is 0 Å². The maximum absolute atomic E-state index is 4.78. The molecule has 0 unspecified atom stereocenters. The van der Waals surface area contributed by atoms with Crippen LogP contribution in [0.1, 0.15) is 25.5 Å². The molecule has 0 spiro atoms. The molecule has 0 aromatic carbocycles. The molecule has 0 bridgehead atoms. The fraction of sp³-hybridized carbons (Fsp3) is 0.429. The highest BCUT2D eigenvalue weighted by Crippen LogP contribution is 2.24. The molecule has 4 heterocycles. The zero-order valence-corrected chi connectivity index (χ0v) is 17.2. The molecule has 6 nitrogen and oxygen atoms in total. The van der Waals surface area contributed by atoms with Crippen LogP contribution in [0.2, 0.25) is 0 Å². The van der Waals surface area contributed by atoms with Gasteiger partial charge in [0.2, 0.25) is 0 Å². The fourth-order valence-electron chi connectivity index (χ4n) is 3.60. The highest BCUT2D eigenvalue weighted by molar-refractivity contribution is 7.14. The quantitative estimate of drug-likeness (QED) is 0.496. The second-order valence-electron chi connectivity index (χ2n) is 7.07. The zero-order valence-electron chi connectivity index (χ0n) is 16.3. The number of fused-ring (bicyclic) bond motifs is 1. The van der Waals surface area contributed by atoms with Crippen molar-refractivity contribution in [2.75, 3.05) is 31.1 Å². The molecule has 0 aliphatic carbocycles. The Morgan fingerprint density at radius 1 is 1.25 bits per heavy atom. The van der Waals surface area contributed by atoms with Gasteiger partial charge in [-0.05, 0) is 49.4 Å². The summed E-state index contributed by atoms with van der Waals surface area (Å²) in [7, 11) is 0. The number of guanidine groups is 1. The molecule has 1 aliphatic rings. The van der Waals surface area contributed by atoms with E-state index in [4.69, 9.17) is 4.99 Å². The minimum absolute atomic E-state index is 0.476. The molecular weight excluding hydrogens is 368 g/mol. The second-order valence-corrected chi connectivity index (χ2v) is 7.99. The van der Waals surface area contributed by atoms with Gasteiger partial charge in [-0.2, -0.15) is 0 Å². The topological polar surface area (TPSA) is 57.0 Å². The van der Waals surface area contributed by atoms with Crippen molar-refractivity contribution in [3.8, 4) is 0 Å². The maximum atomic E-state index is 4.78. The first-order valence-electron chi connectivity index (χ1n) is 10.1. The Kier molecular flexibility index (Phi) is 6.11. The normalized spacial score (nSPS) is 15.9. The number of hydrogen-bond acceptors (Lipinski definition) is 4. The van der Waals surface area contributed by atoms with Crippen LogP contribution in [-0.2, 0) is 6.42 Å². The molecule has 2 N–H and O–H groups in total. The number of imidazole rings is 1. The van der Waals surface area contributed by atoms with Crippen LogP contribution in [-0.4, -0.2) is 47.6 Å². The number of aliphatic imine (C=N–C) groups is 1. The molecule has 4 rings (SSSR count). The molecule has 28 heavy (non-hydrogen) atoms. The summed E-state index contributed by atoms with van der Waals surface area (Å²) in [6.45, 7) is 5.90. The van der Waals surface area contributed by atoms with E-state index >= 15 is 0 Å². The standard InChI is InChI=1S/C21H28N6S/c1-2-22-21(23-11-8-18-16-27-12-4-3-6-19(27)24-18)25-17-9-13-26(14-10-17)20-7-5-15-28-20/h3-7,12,15-17H,2,8-11,13-14H2,1H3,(H2,22,23,25). The third-order valence-corrected chi connectivity index (χ3v) is 5.98. The predicted octanol–water partition coefficient (Wildman–Crippen LogP) is 3.16. The van der Waals surface area contributed by atoms with Crippen molar-refractivity contribution in [3.63, 3.8) is 0 Å². The van der Waals surface area contributed by atoms with Gasteiger partial charge in [-0.1, -0.05) is 6.07 Å². The SMILES string of the molecule is CCNC(=NCCc1cn2ccccc2n1)NC1CCN(c2cccs2)CC1. The van der Waals surface area contributed by atoms with Crippen molar-refractivity contribution in [2.45, 2.75) is 32.2 Å². The van der Waals surface area contributed by atoms with Crippen LogP contribution in [0, 0.1) is 0 Å². The molecule has 1 saturated heterocycles. The average molecular weight is 397 g/mol. The highest BCUT2D eigenvalue weighted by atomic mass is 32.1. The Balaban J connectivity index is 1.29. The van der Waals surface area contributed by atoms with Crippen LogP contribution in [0.15, 0.2) is 53.1 Å². The Labute approximate surface area is 170 Å². The van der Waals surface area contributed by atoms with Crippen LogP contribution >= 0.6 is 11.3 Å². The molecule has 7 heteroatoms. The maximum Gasteiger partial charge on any atom is 0.191 e. The summed E-state index contributed by atoms with van der Waals surface area (Å²) >= 11 is 1.82. The fourth-order valence-corrected chi connectivity index (χ4v) is 4.38. The van der Waals surface area contributed by atoms with Crippen molar-refractivity contribution >= 4 is 27.9 Å². The van der Waals surface area contributed by atoms with E-state index in [0.29, 0.717) is 6.04 Å². The molecule has 3 aromatic rings. The summed E-state index contributed by atoms with van der Waals surface area (Å²) in [5.41, 5.74) is 2.07. The van der Waals surface area contributed by atoms with E-state index in [-0.39, 0.29) is 0 Å². The summed E-state index contributed by atoms with van der Waals surface area (Å²) in [4.78, 5) is 11.9. The van der Waals surface area contributed by atoms with Crippen molar-refractivity contribution in [3.05, 3.63) is 53.8 Å². The first-order valence-corrected chi connectivity index (χ1v) is 11.0. The van der Waals surface area contributed by atoms with Gasteiger partial charge in [0.25, 0.3) is 0 Å². The van der Waals surface area contributed by atoms with Gasteiger partial charge in [-0.15, -0.1) is 11.3 Å². The second kappa shape index (κ2) is 9.10. The molecule has 0 atom stereocenters.